The number of halogens is 1. The lowest BCUT2D eigenvalue weighted by atomic mass is 10.2. The number of carbonyl (C=O) groups excluding carboxylic acids is 1. The number of aryl methyl sites for hydroxylation is 2. The van der Waals surface area contributed by atoms with Crippen LogP contribution >= 0.6 is 22.9 Å². The third-order valence-electron chi connectivity index (χ3n) is 4.63. The first kappa shape index (κ1) is 19.5. The first-order valence-corrected chi connectivity index (χ1v) is 9.74. The normalized spacial score (nSPS) is 12.5. The van der Waals surface area contributed by atoms with Crippen LogP contribution in [-0.2, 0) is 4.79 Å². The third kappa shape index (κ3) is 4.21. The van der Waals surface area contributed by atoms with Crippen LogP contribution in [-0.4, -0.2) is 34.4 Å². The molecular weight excluding hydrogens is 382 g/mol. The van der Waals surface area contributed by atoms with Crippen LogP contribution in [0, 0.1) is 13.8 Å². The molecule has 1 aromatic carbocycles. The maximum Gasteiger partial charge on any atom is 0.238 e. The maximum atomic E-state index is 12.3. The fourth-order valence-corrected chi connectivity index (χ4v) is 3.95. The molecule has 0 bridgehead atoms. The molecule has 3 N–H and O–H groups in total. The number of anilines is 2. The number of hydrogen-bond donors (Lipinski definition) is 2. The molecule has 2 heterocycles. The summed E-state index contributed by atoms with van der Waals surface area (Å²) in [6.45, 7) is 6.25. The first-order chi connectivity index (χ1) is 12.8. The lowest BCUT2D eigenvalue weighted by molar-refractivity contribution is -0.117. The molecule has 0 saturated carbocycles. The minimum absolute atomic E-state index is 0.122. The number of carbonyl (C=O) groups is 1. The molecular formula is C19H22ClN5OS. The van der Waals surface area contributed by atoms with E-state index in [-0.39, 0.29) is 18.5 Å². The van der Waals surface area contributed by atoms with Crippen molar-refractivity contribution < 1.29 is 4.79 Å². The highest BCUT2D eigenvalue weighted by molar-refractivity contribution is 7.18. The number of amides is 1. The number of nitrogens with zero attached hydrogens (tertiary/aromatic N) is 3. The van der Waals surface area contributed by atoms with Crippen molar-refractivity contribution in [3.8, 4) is 0 Å². The first-order valence-electron chi connectivity index (χ1n) is 8.55. The van der Waals surface area contributed by atoms with Crippen LogP contribution in [0.3, 0.4) is 0 Å². The van der Waals surface area contributed by atoms with E-state index in [1.54, 1.807) is 35.6 Å². The molecule has 0 spiro atoms. The van der Waals surface area contributed by atoms with E-state index < -0.39 is 0 Å². The molecule has 0 fully saturated rings. The van der Waals surface area contributed by atoms with Gasteiger partial charge in [-0.2, -0.15) is 0 Å². The quantitative estimate of drug-likeness (QED) is 0.667. The van der Waals surface area contributed by atoms with Gasteiger partial charge in [0.25, 0.3) is 0 Å². The number of nitrogen functional groups attached to an aromatic ring is 1. The summed E-state index contributed by atoms with van der Waals surface area (Å²) >= 11 is 7.48. The summed E-state index contributed by atoms with van der Waals surface area (Å²) in [6, 6.07) is 6.85. The zero-order chi connectivity index (χ0) is 19.7. The fraction of sp³-hybridized carbons (Fsp3) is 0.316. The topological polar surface area (TPSA) is 84.1 Å². The van der Waals surface area contributed by atoms with Gasteiger partial charge in [-0.1, -0.05) is 11.6 Å². The molecule has 8 heteroatoms. The summed E-state index contributed by atoms with van der Waals surface area (Å²) in [6.07, 6.45) is 0. The van der Waals surface area contributed by atoms with Gasteiger partial charge < -0.3 is 11.1 Å². The smallest absolute Gasteiger partial charge is 0.238 e. The van der Waals surface area contributed by atoms with Gasteiger partial charge in [0.05, 0.1) is 18.0 Å². The number of nitrogens with one attached hydrogen (secondary N) is 1. The monoisotopic (exact) mass is 403 g/mol. The Labute approximate surface area is 167 Å². The standard InChI is InChI=1S/C19H22ClN5OS/c1-10-12(3)27-19-16(10)17(21)23-18(24-19)11(2)25(4)9-15(26)22-14-7-5-13(20)6-8-14/h5-8,11H,9H2,1-4H3,(H,22,26)(H2,21,23,24). The minimum Gasteiger partial charge on any atom is -0.383 e. The number of rotatable bonds is 5. The van der Waals surface area contributed by atoms with Crippen LogP contribution in [0.15, 0.2) is 24.3 Å². The van der Waals surface area contributed by atoms with E-state index in [1.165, 1.54) is 4.88 Å². The largest absolute Gasteiger partial charge is 0.383 e. The molecule has 3 rings (SSSR count). The van der Waals surface area contributed by atoms with E-state index in [0.29, 0.717) is 22.4 Å². The molecule has 0 aliphatic carbocycles. The zero-order valence-electron chi connectivity index (χ0n) is 15.7. The Hall–Kier alpha value is -2.22. The van der Waals surface area contributed by atoms with Crippen LogP contribution in [0.25, 0.3) is 10.2 Å². The Bertz CT molecular complexity index is 986. The van der Waals surface area contributed by atoms with Crippen molar-refractivity contribution in [2.75, 3.05) is 24.6 Å². The van der Waals surface area contributed by atoms with E-state index >= 15 is 0 Å². The second-order valence-electron chi connectivity index (χ2n) is 6.58. The molecule has 3 aromatic rings. The van der Waals surface area contributed by atoms with Crippen molar-refractivity contribution in [1.82, 2.24) is 14.9 Å². The third-order valence-corrected chi connectivity index (χ3v) is 5.98. The predicted octanol–water partition coefficient (Wildman–Crippen LogP) is 4.18. The lowest BCUT2D eigenvalue weighted by Crippen LogP contribution is -2.33. The highest BCUT2D eigenvalue weighted by atomic mass is 35.5. The van der Waals surface area contributed by atoms with Crippen molar-refractivity contribution >= 4 is 50.6 Å². The second-order valence-corrected chi connectivity index (χ2v) is 8.22. The van der Waals surface area contributed by atoms with E-state index in [4.69, 9.17) is 17.3 Å². The summed E-state index contributed by atoms with van der Waals surface area (Å²) < 4.78 is 0. The molecule has 1 atom stereocenters. The molecule has 0 saturated heterocycles. The number of likely N-dealkylation sites (N-methyl/N-ethyl adjacent to an activating group) is 1. The molecule has 142 valence electrons. The van der Waals surface area contributed by atoms with E-state index in [1.807, 2.05) is 25.8 Å². The minimum atomic E-state index is -0.157. The fourth-order valence-electron chi connectivity index (χ4n) is 2.78. The number of fused-ring (bicyclic) bond motifs is 1. The van der Waals surface area contributed by atoms with Crippen LogP contribution in [0.1, 0.15) is 29.2 Å². The van der Waals surface area contributed by atoms with Crippen LogP contribution in [0.4, 0.5) is 11.5 Å². The van der Waals surface area contributed by atoms with E-state index in [9.17, 15) is 4.79 Å². The van der Waals surface area contributed by atoms with Crippen molar-refractivity contribution in [3.05, 3.63) is 45.6 Å². The Kier molecular flexibility index (Phi) is 5.64. The van der Waals surface area contributed by atoms with Gasteiger partial charge in [0.15, 0.2) is 0 Å². The van der Waals surface area contributed by atoms with Crippen molar-refractivity contribution in [2.24, 2.45) is 0 Å². The molecule has 27 heavy (non-hydrogen) atoms. The average Bonchev–Trinajstić information content (AvgIpc) is 2.90. The van der Waals surface area contributed by atoms with E-state index in [2.05, 4.69) is 22.2 Å². The van der Waals surface area contributed by atoms with E-state index in [0.717, 1.165) is 15.8 Å². The van der Waals surface area contributed by atoms with Crippen molar-refractivity contribution in [2.45, 2.75) is 26.8 Å². The lowest BCUT2D eigenvalue weighted by Gasteiger charge is -2.23. The van der Waals surface area contributed by atoms with Gasteiger partial charge in [0, 0.05) is 15.6 Å². The molecule has 0 radical (unpaired) electrons. The Balaban J connectivity index is 1.73. The summed E-state index contributed by atoms with van der Waals surface area (Å²) in [4.78, 5) is 25.4. The number of hydrogen-bond acceptors (Lipinski definition) is 6. The predicted molar refractivity (Wildman–Crippen MR) is 112 cm³/mol. The van der Waals surface area contributed by atoms with Gasteiger partial charge in [-0.15, -0.1) is 11.3 Å². The molecule has 1 unspecified atom stereocenters. The summed E-state index contributed by atoms with van der Waals surface area (Å²) in [5.74, 6) is 0.981. The molecule has 0 aliphatic heterocycles. The molecule has 1 amide bonds. The van der Waals surface area contributed by atoms with Crippen LogP contribution in [0.2, 0.25) is 5.02 Å². The highest BCUT2D eigenvalue weighted by Gasteiger charge is 2.20. The van der Waals surface area contributed by atoms with Crippen LogP contribution in [0.5, 0.6) is 0 Å². The highest BCUT2D eigenvalue weighted by Crippen LogP contribution is 2.33. The Morgan fingerprint density at radius 3 is 2.63 bits per heavy atom. The van der Waals surface area contributed by atoms with Gasteiger partial charge in [-0.3, -0.25) is 9.69 Å². The van der Waals surface area contributed by atoms with Gasteiger partial charge in [0.2, 0.25) is 5.91 Å². The molecule has 6 nitrogen and oxygen atoms in total. The summed E-state index contributed by atoms with van der Waals surface area (Å²) in [5.41, 5.74) is 8.00. The second kappa shape index (κ2) is 7.80. The summed E-state index contributed by atoms with van der Waals surface area (Å²) in [5, 5.41) is 4.41. The maximum absolute atomic E-state index is 12.3. The molecule has 2 aromatic heterocycles. The van der Waals surface area contributed by atoms with Gasteiger partial charge in [-0.25, -0.2) is 9.97 Å². The Morgan fingerprint density at radius 2 is 1.96 bits per heavy atom. The summed E-state index contributed by atoms with van der Waals surface area (Å²) in [7, 11) is 1.86. The van der Waals surface area contributed by atoms with Crippen molar-refractivity contribution in [1.29, 1.82) is 0 Å². The number of benzene rings is 1. The van der Waals surface area contributed by atoms with Gasteiger partial charge >= 0.3 is 0 Å². The number of thiophene rings is 1. The Morgan fingerprint density at radius 1 is 1.30 bits per heavy atom. The van der Waals surface area contributed by atoms with Gasteiger partial charge in [-0.05, 0) is 57.6 Å². The zero-order valence-corrected chi connectivity index (χ0v) is 17.3. The van der Waals surface area contributed by atoms with Gasteiger partial charge in [0.1, 0.15) is 16.5 Å². The van der Waals surface area contributed by atoms with Crippen LogP contribution < -0.4 is 11.1 Å². The van der Waals surface area contributed by atoms with Crippen molar-refractivity contribution in [3.63, 3.8) is 0 Å². The number of aromatic nitrogens is 2. The number of nitrogens with two attached hydrogens (primary N) is 1. The SMILES string of the molecule is Cc1sc2nc(C(C)N(C)CC(=O)Nc3ccc(Cl)cc3)nc(N)c2c1C. The average molecular weight is 404 g/mol. The molecule has 0 aliphatic rings.